The number of nitro groups is 1. The number of rotatable bonds is 3. The van der Waals surface area contributed by atoms with Crippen LogP contribution in [0.5, 0.6) is 0 Å². The first-order valence-electron chi connectivity index (χ1n) is 5.47. The van der Waals surface area contributed by atoms with Crippen molar-refractivity contribution in [2.45, 2.75) is 46.0 Å². The summed E-state index contributed by atoms with van der Waals surface area (Å²) in [5.74, 6) is 0. The van der Waals surface area contributed by atoms with Gasteiger partial charge in [0.25, 0.3) is 0 Å². The molecular formula is C11H18N2O2. The van der Waals surface area contributed by atoms with Crippen LogP contribution in [0.4, 0.5) is 0 Å². The summed E-state index contributed by atoms with van der Waals surface area (Å²) < 4.78 is 0. The van der Waals surface area contributed by atoms with Gasteiger partial charge in [0.05, 0.1) is 16.9 Å². The Bertz CT molecular complexity index is 285. The third-order valence-electron chi connectivity index (χ3n) is 3.85. The first kappa shape index (κ1) is 12.0. The van der Waals surface area contributed by atoms with Crippen LogP contribution in [0.15, 0.2) is 0 Å². The molecule has 0 radical (unpaired) electrons. The molecule has 4 nitrogen and oxygen atoms in total. The van der Waals surface area contributed by atoms with Gasteiger partial charge in [-0.2, -0.15) is 5.26 Å². The molecule has 1 aliphatic rings. The first-order chi connectivity index (χ1) is 6.93. The molecule has 4 heteroatoms. The molecular weight excluding hydrogens is 192 g/mol. The normalized spacial score (nSPS) is 20.6. The van der Waals surface area contributed by atoms with Crippen molar-refractivity contribution in [3.63, 3.8) is 0 Å². The van der Waals surface area contributed by atoms with Crippen molar-refractivity contribution in [1.29, 1.82) is 5.26 Å². The molecule has 84 valence electrons. The van der Waals surface area contributed by atoms with E-state index in [0.717, 1.165) is 32.1 Å². The molecule has 15 heavy (non-hydrogen) atoms. The van der Waals surface area contributed by atoms with Crippen LogP contribution < -0.4 is 0 Å². The van der Waals surface area contributed by atoms with Gasteiger partial charge in [-0.3, -0.25) is 10.1 Å². The predicted molar refractivity (Wildman–Crippen MR) is 56.8 cm³/mol. The van der Waals surface area contributed by atoms with Crippen LogP contribution in [0.3, 0.4) is 0 Å². The maximum Gasteiger partial charge on any atom is 0.210 e. The van der Waals surface area contributed by atoms with Gasteiger partial charge in [0, 0.05) is 4.92 Å². The zero-order valence-corrected chi connectivity index (χ0v) is 9.45. The lowest BCUT2D eigenvalue weighted by Gasteiger charge is -2.42. The lowest BCUT2D eigenvalue weighted by molar-refractivity contribution is -0.503. The maximum absolute atomic E-state index is 10.7. The highest BCUT2D eigenvalue weighted by Gasteiger charge is 2.49. The SMILES string of the molecule is CC(C)(C#N)C1(C[N+](=O)[O-])CCCCC1. The van der Waals surface area contributed by atoms with E-state index in [9.17, 15) is 10.1 Å². The second-order valence-corrected chi connectivity index (χ2v) is 5.07. The molecule has 0 aromatic rings. The fourth-order valence-electron chi connectivity index (χ4n) is 2.58. The van der Waals surface area contributed by atoms with E-state index < -0.39 is 10.8 Å². The number of nitrogens with zero attached hydrogens (tertiary/aromatic N) is 2. The summed E-state index contributed by atoms with van der Waals surface area (Å²) >= 11 is 0. The molecule has 0 aliphatic heterocycles. The van der Waals surface area contributed by atoms with Crippen molar-refractivity contribution in [1.82, 2.24) is 0 Å². The van der Waals surface area contributed by atoms with Gasteiger partial charge in [0.1, 0.15) is 0 Å². The molecule has 0 bridgehead atoms. The van der Waals surface area contributed by atoms with Crippen LogP contribution >= 0.6 is 0 Å². The lowest BCUT2D eigenvalue weighted by Crippen LogP contribution is -2.44. The Morgan fingerprint density at radius 1 is 1.40 bits per heavy atom. The highest BCUT2D eigenvalue weighted by atomic mass is 16.6. The van der Waals surface area contributed by atoms with Gasteiger partial charge >= 0.3 is 0 Å². The Morgan fingerprint density at radius 3 is 2.33 bits per heavy atom. The van der Waals surface area contributed by atoms with Gasteiger partial charge < -0.3 is 0 Å². The molecule has 1 rings (SSSR count). The average molecular weight is 210 g/mol. The summed E-state index contributed by atoms with van der Waals surface area (Å²) in [5, 5.41) is 19.9. The summed E-state index contributed by atoms with van der Waals surface area (Å²) in [4.78, 5) is 10.5. The topological polar surface area (TPSA) is 66.9 Å². The van der Waals surface area contributed by atoms with Gasteiger partial charge in [-0.25, -0.2) is 0 Å². The first-order valence-corrected chi connectivity index (χ1v) is 5.47. The van der Waals surface area contributed by atoms with Crippen LogP contribution in [0, 0.1) is 32.3 Å². The van der Waals surface area contributed by atoms with Gasteiger partial charge in [-0.05, 0) is 26.7 Å². The van der Waals surface area contributed by atoms with Crippen molar-refractivity contribution in [2.75, 3.05) is 6.54 Å². The van der Waals surface area contributed by atoms with Crippen molar-refractivity contribution in [3.05, 3.63) is 10.1 Å². The van der Waals surface area contributed by atoms with Gasteiger partial charge in [-0.1, -0.05) is 19.3 Å². The minimum absolute atomic E-state index is 0.0619. The minimum Gasteiger partial charge on any atom is -0.265 e. The van der Waals surface area contributed by atoms with Crippen LogP contribution in [0.1, 0.15) is 46.0 Å². The Labute approximate surface area is 90.4 Å². The standard InChI is InChI=1S/C11H18N2O2/c1-10(2,8-12)11(9-13(14)15)6-4-3-5-7-11/h3-7,9H2,1-2H3. The maximum atomic E-state index is 10.7. The second-order valence-electron chi connectivity index (χ2n) is 5.07. The molecule has 1 saturated carbocycles. The zero-order chi connectivity index (χ0) is 11.5. The Morgan fingerprint density at radius 2 is 1.93 bits per heavy atom. The Balaban J connectivity index is 2.95. The summed E-state index contributed by atoms with van der Waals surface area (Å²) in [7, 11) is 0. The fourth-order valence-corrected chi connectivity index (χ4v) is 2.58. The molecule has 0 aromatic carbocycles. The van der Waals surface area contributed by atoms with Crippen LogP contribution in [0.25, 0.3) is 0 Å². The minimum atomic E-state index is -0.597. The van der Waals surface area contributed by atoms with Crippen molar-refractivity contribution in [2.24, 2.45) is 10.8 Å². The number of nitriles is 1. The molecule has 0 saturated heterocycles. The van der Waals surface area contributed by atoms with Crippen LogP contribution in [-0.4, -0.2) is 11.5 Å². The monoisotopic (exact) mass is 210 g/mol. The highest BCUT2D eigenvalue weighted by molar-refractivity contribution is 5.06. The highest BCUT2D eigenvalue weighted by Crippen LogP contribution is 2.49. The molecule has 1 fully saturated rings. The van der Waals surface area contributed by atoms with Crippen molar-refractivity contribution < 1.29 is 4.92 Å². The summed E-state index contributed by atoms with van der Waals surface area (Å²) in [6.45, 7) is 3.61. The Kier molecular flexibility index (Phi) is 3.33. The largest absolute Gasteiger partial charge is 0.265 e. The van der Waals surface area contributed by atoms with E-state index in [2.05, 4.69) is 6.07 Å². The number of hydrogen-bond donors (Lipinski definition) is 0. The van der Waals surface area contributed by atoms with Crippen LogP contribution in [0.2, 0.25) is 0 Å². The molecule has 0 atom stereocenters. The molecule has 0 spiro atoms. The van der Waals surface area contributed by atoms with E-state index in [0.29, 0.717) is 0 Å². The molecule has 0 aromatic heterocycles. The van der Waals surface area contributed by atoms with E-state index in [-0.39, 0.29) is 11.5 Å². The average Bonchev–Trinajstić information content (AvgIpc) is 2.18. The van der Waals surface area contributed by atoms with E-state index in [4.69, 9.17) is 5.26 Å². The molecule has 0 heterocycles. The quantitative estimate of drug-likeness (QED) is 0.531. The summed E-state index contributed by atoms with van der Waals surface area (Å²) in [6, 6.07) is 2.25. The van der Waals surface area contributed by atoms with E-state index >= 15 is 0 Å². The van der Waals surface area contributed by atoms with E-state index in [1.807, 2.05) is 13.8 Å². The van der Waals surface area contributed by atoms with E-state index in [1.54, 1.807) is 0 Å². The van der Waals surface area contributed by atoms with E-state index in [1.165, 1.54) is 0 Å². The smallest absolute Gasteiger partial charge is 0.210 e. The summed E-state index contributed by atoms with van der Waals surface area (Å²) in [6.07, 6.45) is 4.79. The Hall–Kier alpha value is -1.11. The zero-order valence-electron chi connectivity index (χ0n) is 9.45. The van der Waals surface area contributed by atoms with Crippen molar-refractivity contribution in [3.8, 4) is 6.07 Å². The molecule has 0 N–H and O–H groups in total. The molecule has 1 aliphatic carbocycles. The molecule has 0 amide bonds. The third kappa shape index (κ3) is 2.28. The van der Waals surface area contributed by atoms with Crippen molar-refractivity contribution >= 4 is 0 Å². The number of hydrogen-bond acceptors (Lipinski definition) is 3. The predicted octanol–water partition coefficient (Wildman–Crippen LogP) is 2.76. The third-order valence-corrected chi connectivity index (χ3v) is 3.85. The van der Waals surface area contributed by atoms with Gasteiger partial charge in [0.2, 0.25) is 6.54 Å². The fraction of sp³-hybridized carbons (Fsp3) is 0.909. The van der Waals surface area contributed by atoms with Gasteiger partial charge in [0.15, 0.2) is 0 Å². The lowest BCUT2D eigenvalue weighted by atomic mass is 9.59. The van der Waals surface area contributed by atoms with Gasteiger partial charge in [-0.15, -0.1) is 0 Å². The molecule has 0 unspecified atom stereocenters. The van der Waals surface area contributed by atoms with Crippen LogP contribution in [-0.2, 0) is 0 Å². The summed E-state index contributed by atoms with van der Waals surface area (Å²) in [5.41, 5.74) is -1.01. The second kappa shape index (κ2) is 4.18.